The fourth-order valence-electron chi connectivity index (χ4n) is 4.14. The molecule has 34 heavy (non-hydrogen) atoms. The molecule has 1 aliphatic heterocycles. The molecule has 0 radical (unpaired) electrons. The lowest BCUT2D eigenvalue weighted by Gasteiger charge is -2.13. The Bertz CT molecular complexity index is 1280. The molecule has 3 aromatic rings. The van der Waals surface area contributed by atoms with Gasteiger partial charge >= 0.3 is 0 Å². The number of nitrogens with one attached hydrogen (secondary N) is 1. The number of hydrogen-bond donors (Lipinski definition) is 1. The lowest BCUT2D eigenvalue weighted by molar-refractivity contribution is 0.0948. The van der Waals surface area contributed by atoms with Crippen LogP contribution in [-0.4, -0.2) is 56.4 Å². The van der Waals surface area contributed by atoms with Crippen molar-refractivity contribution in [2.75, 3.05) is 32.3 Å². The molecule has 1 aromatic heterocycles. The van der Waals surface area contributed by atoms with Crippen LogP contribution in [-0.2, 0) is 16.3 Å². The van der Waals surface area contributed by atoms with Crippen LogP contribution in [0.25, 0.3) is 11.3 Å². The van der Waals surface area contributed by atoms with Crippen LogP contribution in [0.3, 0.4) is 0 Å². The molecule has 1 aliphatic rings. The van der Waals surface area contributed by atoms with Crippen molar-refractivity contribution in [1.29, 1.82) is 0 Å². The predicted octanol–water partition coefficient (Wildman–Crippen LogP) is 3.21. The van der Waals surface area contributed by atoms with Gasteiger partial charge in [0.15, 0.2) is 27.0 Å². The quantitative estimate of drug-likeness (QED) is 0.528. The lowest BCUT2D eigenvalue weighted by atomic mass is 10.1. The molecule has 2 heterocycles. The highest BCUT2D eigenvalue weighted by Crippen LogP contribution is 2.30. The van der Waals surface area contributed by atoms with Crippen LogP contribution in [0.5, 0.6) is 11.5 Å². The third-order valence-electron chi connectivity index (χ3n) is 6.02. The van der Waals surface area contributed by atoms with E-state index in [4.69, 9.17) is 9.47 Å². The molecule has 1 saturated heterocycles. The summed E-state index contributed by atoms with van der Waals surface area (Å²) in [7, 11) is 0.0738. The number of aryl methyl sites for hydroxylation is 1. The molecule has 0 spiro atoms. The first-order valence-corrected chi connectivity index (χ1v) is 13.0. The normalized spacial score (nSPS) is 16.9. The van der Waals surface area contributed by atoms with Crippen molar-refractivity contribution >= 4 is 15.7 Å². The molecular formula is C25H29N3O5S. The van der Waals surface area contributed by atoms with Gasteiger partial charge in [0.1, 0.15) is 0 Å². The molecular weight excluding hydrogens is 454 g/mol. The molecule has 1 amide bonds. The maximum Gasteiger partial charge on any atom is 0.271 e. The minimum absolute atomic E-state index is 0.0356. The van der Waals surface area contributed by atoms with Crippen molar-refractivity contribution in [2.24, 2.45) is 0 Å². The number of benzene rings is 2. The number of sulfone groups is 1. The SMILES string of the molecule is COc1ccc(CCNC(=O)c2cc(-c3ccc(C)cc3)n([C@@H]3CCS(=O)(=O)C3)n2)cc1OC. The molecule has 1 atom stereocenters. The Balaban J connectivity index is 1.51. The summed E-state index contributed by atoms with van der Waals surface area (Å²) in [6.07, 6.45) is 1.10. The summed E-state index contributed by atoms with van der Waals surface area (Å²) in [5.74, 6) is 1.16. The molecule has 0 saturated carbocycles. The van der Waals surface area contributed by atoms with Crippen molar-refractivity contribution in [1.82, 2.24) is 15.1 Å². The summed E-state index contributed by atoms with van der Waals surface area (Å²) in [5.41, 5.74) is 4.03. The fourth-order valence-corrected chi connectivity index (χ4v) is 5.83. The van der Waals surface area contributed by atoms with Crippen molar-refractivity contribution in [3.05, 3.63) is 65.4 Å². The summed E-state index contributed by atoms with van der Waals surface area (Å²) >= 11 is 0. The van der Waals surface area contributed by atoms with E-state index >= 15 is 0 Å². The van der Waals surface area contributed by atoms with E-state index in [1.54, 1.807) is 25.0 Å². The van der Waals surface area contributed by atoms with Crippen LogP contribution >= 0.6 is 0 Å². The van der Waals surface area contributed by atoms with Gasteiger partial charge in [-0.15, -0.1) is 0 Å². The Morgan fingerprint density at radius 2 is 1.82 bits per heavy atom. The predicted molar refractivity (Wildman–Crippen MR) is 130 cm³/mol. The zero-order chi connectivity index (χ0) is 24.3. The van der Waals surface area contributed by atoms with E-state index in [1.807, 2.05) is 49.4 Å². The topological polar surface area (TPSA) is 99.5 Å². The van der Waals surface area contributed by atoms with E-state index < -0.39 is 9.84 Å². The van der Waals surface area contributed by atoms with E-state index in [-0.39, 0.29) is 29.1 Å². The second kappa shape index (κ2) is 9.89. The van der Waals surface area contributed by atoms with E-state index in [2.05, 4.69) is 10.4 Å². The standard InChI is InChI=1S/C25H29N3O5S/c1-17-4-7-19(8-5-17)22-15-21(27-28(22)20-11-13-34(30,31)16-20)25(29)26-12-10-18-6-9-23(32-2)24(14-18)33-3/h4-9,14-15,20H,10-13,16H2,1-3H3,(H,26,29)/t20-/m1/s1. The molecule has 1 fully saturated rings. The van der Waals surface area contributed by atoms with E-state index in [1.165, 1.54) is 0 Å². The van der Waals surface area contributed by atoms with Gasteiger partial charge in [-0.25, -0.2) is 8.42 Å². The van der Waals surface area contributed by atoms with Gasteiger partial charge in [-0.3, -0.25) is 9.48 Å². The van der Waals surface area contributed by atoms with Crippen molar-refractivity contribution < 1.29 is 22.7 Å². The lowest BCUT2D eigenvalue weighted by Crippen LogP contribution is -2.26. The Hall–Kier alpha value is -3.33. The van der Waals surface area contributed by atoms with E-state index in [9.17, 15) is 13.2 Å². The molecule has 0 aliphatic carbocycles. The smallest absolute Gasteiger partial charge is 0.271 e. The molecule has 8 nitrogen and oxygen atoms in total. The zero-order valence-corrected chi connectivity index (χ0v) is 20.4. The minimum Gasteiger partial charge on any atom is -0.493 e. The highest BCUT2D eigenvalue weighted by Gasteiger charge is 2.32. The summed E-state index contributed by atoms with van der Waals surface area (Å²) in [6, 6.07) is 15.0. The number of methoxy groups -OCH3 is 2. The van der Waals surface area contributed by atoms with Gasteiger partial charge < -0.3 is 14.8 Å². The number of carbonyl (C=O) groups is 1. The first-order valence-electron chi connectivity index (χ1n) is 11.2. The van der Waals surface area contributed by atoms with E-state index in [0.717, 1.165) is 22.4 Å². The molecule has 0 unspecified atom stereocenters. The van der Waals surface area contributed by atoms with Crippen LogP contribution in [0.1, 0.15) is 34.1 Å². The Labute approximate surface area is 199 Å². The highest BCUT2D eigenvalue weighted by molar-refractivity contribution is 7.91. The number of nitrogens with zero attached hydrogens (tertiary/aromatic N) is 2. The molecule has 2 aromatic carbocycles. The van der Waals surface area contributed by atoms with Gasteiger partial charge in [-0.2, -0.15) is 5.10 Å². The molecule has 9 heteroatoms. The zero-order valence-electron chi connectivity index (χ0n) is 19.6. The van der Waals surface area contributed by atoms with Crippen LogP contribution in [0, 0.1) is 6.92 Å². The Kier molecular flexibility index (Phi) is 6.92. The number of amides is 1. The Morgan fingerprint density at radius 1 is 1.09 bits per heavy atom. The van der Waals surface area contributed by atoms with Crippen molar-refractivity contribution in [3.63, 3.8) is 0 Å². The van der Waals surface area contributed by atoms with Gasteiger partial charge in [0.2, 0.25) is 0 Å². The third-order valence-corrected chi connectivity index (χ3v) is 7.77. The first kappa shape index (κ1) is 23.8. The maximum absolute atomic E-state index is 12.9. The average Bonchev–Trinajstić information content (AvgIpc) is 3.42. The van der Waals surface area contributed by atoms with Crippen molar-refractivity contribution in [3.8, 4) is 22.8 Å². The second-order valence-corrected chi connectivity index (χ2v) is 10.7. The molecule has 180 valence electrons. The fraction of sp³-hybridized carbons (Fsp3) is 0.360. The average molecular weight is 484 g/mol. The highest BCUT2D eigenvalue weighted by atomic mass is 32.2. The summed E-state index contributed by atoms with van der Waals surface area (Å²) in [6.45, 7) is 2.42. The minimum atomic E-state index is -3.10. The van der Waals surface area contributed by atoms with Gasteiger partial charge in [0.05, 0.1) is 37.5 Å². The summed E-state index contributed by atoms with van der Waals surface area (Å²) < 4.78 is 36.4. The maximum atomic E-state index is 12.9. The van der Waals surface area contributed by atoms with Gasteiger partial charge in [0, 0.05) is 6.54 Å². The largest absolute Gasteiger partial charge is 0.493 e. The van der Waals surface area contributed by atoms with Gasteiger partial charge in [-0.05, 0) is 49.1 Å². The molecule has 4 rings (SSSR count). The number of rotatable bonds is 8. The first-order chi connectivity index (χ1) is 16.3. The summed E-state index contributed by atoms with van der Waals surface area (Å²) in [5, 5.41) is 7.45. The summed E-state index contributed by atoms with van der Waals surface area (Å²) in [4.78, 5) is 12.9. The second-order valence-electron chi connectivity index (χ2n) is 8.48. The van der Waals surface area contributed by atoms with Crippen LogP contribution in [0.4, 0.5) is 0 Å². The monoisotopic (exact) mass is 483 g/mol. The van der Waals surface area contributed by atoms with Gasteiger partial charge in [-0.1, -0.05) is 35.9 Å². The number of carbonyl (C=O) groups excluding carboxylic acids is 1. The van der Waals surface area contributed by atoms with Crippen LogP contribution < -0.4 is 14.8 Å². The number of hydrogen-bond acceptors (Lipinski definition) is 6. The van der Waals surface area contributed by atoms with Crippen molar-refractivity contribution in [2.45, 2.75) is 25.8 Å². The molecule has 0 bridgehead atoms. The van der Waals surface area contributed by atoms with E-state index in [0.29, 0.717) is 30.9 Å². The number of aromatic nitrogens is 2. The van der Waals surface area contributed by atoms with Crippen LogP contribution in [0.15, 0.2) is 48.5 Å². The Morgan fingerprint density at radius 3 is 2.47 bits per heavy atom. The molecule has 1 N–H and O–H groups in total. The third kappa shape index (κ3) is 5.25. The van der Waals surface area contributed by atoms with Gasteiger partial charge in [0.25, 0.3) is 5.91 Å². The number of ether oxygens (including phenoxy) is 2. The van der Waals surface area contributed by atoms with Crippen LogP contribution in [0.2, 0.25) is 0 Å².